The highest BCUT2D eigenvalue weighted by atomic mass is 16.5. The predicted molar refractivity (Wildman–Crippen MR) is 123 cm³/mol. The van der Waals surface area contributed by atoms with Gasteiger partial charge in [-0.1, -0.05) is 55.5 Å². The van der Waals surface area contributed by atoms with E-state index in [4.69, 9.17) is 4.74 Å². The van der Waals surface area contributed by atoms with Crippen LogP contribution in [0.1, 0.15) is 48.5 Å². The topological polar surface area (TPSA) is 75.7 Å². The second kappa shape index (κ2) is 11.5. The van der Waals surface area contributed by atoms with Crippen molar-refractivity contribution in [3.63, 3.8) is 0 Å². The SMILES string of the molecule is CC1CCC(N(C)C(=O)COC(=O)C(Cc2ccccc2)NC(=O)c2ccccc2)CC1. The minimum atomic E-state index is -0.890. The third-order valence-corrected chi connectivity index (χ3v) is 6.17. The average molecular weight is 437 g/mol. The van der Waals surface area contributed by atoms with E-state index >= 15 is 0 Å². The summed E-state index contributed by atoms with van der Waals surface area (Å²) in [5, 5.41) is 2.76. The maximum absolute atomic E-state index is 12.9. The fraction of sp³-hybridized carbons (Fsp3) is 0.423. The van der Waals surface area contributed by atoms with Crippen LogP contribution in [0.15, 0.2) is 60.7 Å². The highest BCUT2D eigenvalue weighted by Gasteiger charge is 2.27. The van der Waals surface area contributed by atoms with Crippen molar-refractivity contribution in [2.75, 3.05) is 13.7 Å². The number of nitrogens with one attached hydrogen (secondary N) is 1. The van der Waals surface area contributed by atoms with Crippen molar-refractivity contribution in [3.05, 3.63) is 71.8 Å². The molecule has 6 heteroatoms. The molecule has 1 N–H and O–H groups in total. The van der Waals surface area contributed by atoms with Crippen LogP contribution < -0.4 is 5.32 Å². The highest BCUT2D eigenvalue weighted by Crippen LogP contribution is 2.26. The molecule has 3 rings (SSSR count). The first-order valence-electron chi connectivity index (χ1n) is 11.3. The number of ether oxygens (including phenoxy) is 1. The summed E-state index contributed by atoms with van der Waals surface area (Å²) in [7, 11) is 1.77. The van der Waals surface area contributed by atoms with Crippen molar-refractivity contribution in [1.82, 2.24) is 10.2 Å². The van der Waals surface area contributed by atoms with Crippen LogP contribution in [0.2, 0.25) is 0 Å². The Bertz CT molecular complexity index is 893. The molecule has 2 aromatic rings. The molecule has 0 spiro atoms. The Morgan fingerprint density at radius 1 is 0.969 bits per heavy atom. The number of likely N-dealkylation sites (N-methyl/N-ethyl adjacent to an activating group) is 1. The van der Waals surface area contributed by atoms with Gasteiger partial charge in [0.2, 0.25) is 0 Å². The molecule has 0 saturated heterocycles. The van der Waals surface area contributed by atoms with E-state index in [1.54, 1.807) is 36.2 Å². The number of amides is 2. The van der Waals surface area contributed by atoms with Gasteiger partial charge < -0.3 is 15.0 Å². The second-order valence-electron chi connectivity index (χ2n) is 8.61. The van der Waals surface area contributed by atoms with Gasteiger partial charge in [-0.15, -0.1) is 0 Å². The molecule has 0 heterocycles. The molecule has 0 aromatic heterocycles. The van der Waals surface area contributed by atoms with E-state index in [0.29, 0.717) is 11.5 Å². The van der Waals surface area contributed by atoms with Crippen molar-refractivity contribution >= 4 is 17.8 Å². The lowest BCUT2D eigenvalue weighted by Crippen LogP contribution is -2.45. The number of rotatable bonds is 8. The van der Waals surface area contributed by atoms with Crippen molar-refractivity contribution < 1.29 is 19.1 Å². The zero-order valence-electron chi connectivity index (χ0n) is 18.8. The average Bonchev–Trinajstić information content (AvgIpc) is 2.83. The molecule has 1 atom stereocenters. The van der Waals surface area contributed by atoms with Crippen LogP contribution in [0.25, 0.3) is 0 Å². The molecule has 1 saturated carbocycles. The van der Waals surface area contributed by atoms with Crippen LogP contribution in [0.3, 0.4) is 0 Å². The van der Waals surface area contributed by atoms with Crippen molar-refractivity contribution in [3.8, 4) is 0 Å². The molecule has 2 aromatic carbocycles. The molecule has 0 bridgehead atoms. The summed E-state index contributed by atoms with van der Waals surface area (Å²) in [5.74, 6) is -0.495. The monoisotopic (exact) mass is 436 g/mol. The summed E-state index contributed by atoms with van der Waals surface area (Å²) in [6.45, 7) is 1.91. The van der Waals surface area contributed by atoms with Gasteiger partial charge in [-0.3, -0.25) is 9.59 Å². The number of carbonyl (C=O) groups is 3. The van der Waals surface area contributed by atoms with Crippen LogP contribution in [0, 0.1) is 5.92 Å². The fourth-order valence-corrected chi connectivity index (χ4v) is 4.04. The molecular weight excluding hydrogens is 404 g/mol. The van der Waals surface area contributed by atoms with Gasteiger partial charge in [0.15, 0.2) is 6.61 Å². The Hall–Kier alpha value is -3.15. The molecule has 32 heavy (non-hydrogen) atoms. The minimum Gasteiger partial charge on any atom is -0.454 e. The highest BCUT2D eigenvalue weighted by molar-refractivity contribution is 5.97. The number of hydrogen-bond acceptors (Lipinski definition) is 4. The van der Waals surface area contributed by atoms with Gasteiger partial charge in [0.05, 0.1) is 0 Å². The van der Waals surface area contributed by atoms with E-state index < -0.39 is 12.0 Å². The minimum absolute atomic E-state index is 0.190. The predicted octanol–water partition coefficient (Wildman–Crippen LogP) is 3.61. The Kier molecular flexibility index (Phi) is 8.42. The van der Waals surface area contributed by atoms with E-state index in [-0.39, 0.29) is 30.9 Å². The molecule has 1 aliphatic rings. The Labute approximate surface area is 189 Å². The van der Waals surface area contributed by atoms with Gasteiger partial charge in [-0.05, 0) is 49.3 Å². The lowest BCUT2D eigenvalue weighted by molar-refractivity contribution is -0.154. The van der Waals surface area contributed by atoms with Gasteiger partial charge in [0.1, 0.15) is 6.04 Å². The molecule has 170 valence electrons. The summed E-state index contributed by atoms with van der Waals surface area (Å²) in [5.41, 5.74) is 1.35. The van der Waals surface area contributed by atoms with E-state index in [2.05, 4.69) is 12.2 Å². The molecule has 1 fully saturated rings. The Balaban J connectivity index is 1.61. The standard InChI is InChI=1S/C26H32N2O4/c1-19-13-15-22(16-14-19)28(2)24(29)18-32-26(31)23(17-20-9-5-3-6-10-20)27-25(30)21-11-7-4-8-12-21/h3-12,19,22-23H,13-18H2,1-2H3,(H,27,30). The van der Waals surface area contributed by atoms with Gasteiger partial charge >= 0.3 is 5.97 Å². The maximum Gasteiger partial charge on any atom is 0.329 e. The third-order valence-electron chi connectivity index (χ3n) is 6.17. The van der Waals surface area contributed by atoms with Crippen molar-refractivity contribution in [2.45, 2.75) is 51.1 Å². The first-order chi connectivity index (χ1) is 15.4. The van der Waals surface area contributed by atoms with Crippen LogP contribution in [0.4, 0.5) is 0 Å². The first-order valence-corrected chi connectivity index (χ1v) is 11.3. The van der Waals surface area contributed by atoms with E-state index in [1.807, 2.05) is 36.4 Å². The number of esters is 1. The number of hydrogen-bond donors (Lipinski definition) is 1. The van der Waals surface area contributed by atoms with Crippen molar-refractivity contribution in [2.24, 2.45) is 5.92 Å². The van der Waals surface area contributed by atoms with Gasteiger partial charge in [0.25, 0.3) is 11.8 Å². The molecule has 1 aliphatic carbocycles. The summed E-state index contributed by atoms with van der Waals surface area (Å²) in [6, 6.07) is 17.4. The molecule has 0 aliphatic heterocycles. The molecular formula is C26H32N2O4. The van der Waals surface area contributed by atoms with Crippen LogP contribution in [0.5, 0.6) is 0 Å². The lowest BCUT2D eigenvalue weighted by Gasteiger charge is -2.33. The Morgan fingerprint density at radius 3 is 2.19 bits per heavy atom. The quantitative estimate of drug-likeness (QED) is 0.642. The third kappa shape index (κ3) is 6.67. The fourth-order valence-electron chi connectivity index (χ4n) is 4.04. The van der Waals surface area contributed by atoms with E-state index in [1.165, 1.54) is 0 Å². The van der Waals surface area contributed by atoms with Crippen molar-refractivity contribution in [1.29, 1.82) is 0 Å². The molecule has 6 nitrogen and oxygen atoms in total. The summed E-state index contributed by atoms with van der Waals surface area (Å²) >= 11 is 0. The zero-order valence-corrected chi connectivity index (χ0v) is 18.8. The molecule has 1 unspecified atom stereocenters. The normalized spacial score (nSPS) is 18.9. The number of benzene rings is 2. The number of carbonyl (C=O) groups excluding carboxylic acids is 3. The largest absolute Gasteiger partial charge is 0.454 e. The smallest absolute Gasteiger partial charge is 0.329 e. The van der Waals surface area contributed by atoms with Crippen LogP contribution in [-0.4, -0.2) is 48.4 Å². The van der Waals surface area contributed by atoms with Gasteiger partial charge in [-0.2, -0.15) is 0 Å². The summed E-state index contributed by atoms with van der Waals surface area (Å²) in [6.07, 6.45) is 4.44. The lowest BCUT2D eigenvalue weighted by atomic mass is 9.87. The molecule has 2 amide bonds. The molecule has 0 radical (unpaired) electrons. The van der Waals surface area contributed by atoms with Crippen LogP contribution in [-0.2, 0) is 20.7 Å². The Morgan fingerprint density at radius 2 is 1.56 bits per heavy atom. The summed E-state index contributed by atoms with van der Waals surface area (Å²) in [4.78, 5) is 39.8. The van der Waals surface area contributed by atoms with Crippen LogP contribution >= 0.6 is 0 Å². The van der Waals surface area contributed by atoms with Gasteiger partial charge in [0, 0.05) is 25.1 Å². The first kappa shape index (κ1) is 23.5. The van der Waals surface area contributed by atoms with Gasteiger partial charge in [-0.25, -0.2) is 4.79 Å². The maximum atomic E-state index is 12.9. The second-order valence-corrected chi connectivity index (χ2v) is 8.61. The summed E-state index contributed by atoms with van der Waals surface area (Å²) < 4.78 is 5.36. The van der Waals surface area contributed by atoms with E-state index in [9.17, 15) is 14.4 Å². The number of nitrogens with zero attached hydrogens (tertiary/aromatic N) is 1. The van der Waals surface area contributed by atoms with E-state index in [0.717, 1.165) is 31.2 Å². The zero-order chi connectivity index (χ0) is 22.9.